The van der Waals surface area contributed by atoms with Crippen LogP contribution in [0.4, 0.5) is 0 Å². The number of aliphatic hydroxyl groups is 3. The molecule has 0 bridgehead atoms. The summed E-state index contributed by atoms with van der Waals surface area (Å²) in [5.41, 5.74) is -1.78. The van der Waals surface area contributed by atoms with E-state index in [9.17, 15) is 20.1 Å². The lowest BCUT2D eigenvalue weighted by Gasteiger charge is -2.69. The second-order valence-corrected chi connectivity index (χ2v) is 9.62. The van der Waals surface area contributed by atoms with Gasteiger partial charge < -0.3 is 24.5 Å². The normalized spacial score (nSPS) is 44.2. The first kappa shape index (κ1) is 19.7. The van der Waals surface area contributed by atoms with E-state index in [0.717, 1.165) is 11.3 Å². The zero-order chi connectivity index (χ0) is 20.6. The Morgan fingerprint density at radius 1 is 1.32 bits per heavy atom. The van der Waals surface area contributed by atoms with Crippen molar-refractivity contribution in [2.24, 2.45) is 22.7 Å². The second kappa shape index (κ2) is 5.94. The van der Waals surface area contributed by atoms with Crippen LogP contribution < -0.4 is 0 Å². The first-order chi connectivity index (χ1) is 13.0. The Balaban J connectivity index is 1.94. The zero-order valence-corrected chi connectivity index (χ0v) is 16.9. The highest BCUT2D eigenvalue weighted by atomic mass is 16.5. The van der Waals surface area contributed by atoms with Gasteiger partial charge in [0.2, 0.25) is 0 Å². The summed E-state index contributed by atoms with van der Waals surface area (Å²) in [7, 11) is 0. The van der Waals surface area contributed by atoms with Crippen LogP contribution in [0.15, 0.2) is 23.3 Å². The van der Waals surface area contributed by atoms with Gasteiger partial charge in [0.25, 0.3) is 0 Å². The summed E-state index contributed by atoms with van der Waals surface area (Å²) in [5.74, 6) is -0.426. The van der Waals surface area contributed by atoms with Crippen LogP contribution in [0.2, 0.25) is 0 Å². The van der Waals surface area contributed by atoms with Crippen LogP contribution in [0.5, 0.6) is 0 Å². The van der Waals surface area contributed by atoms with Crippen molar-refractivity contribution in [3.63, 3.8) is 0 Å². The van der Waals surface area contributed by atoms with Gasteiger partial charge in [0.05, 0.1) is 12.4 Å². The Morgan fingerprint density at radius 2 is 2.00 bits per heavy atom. The third kappa shape index (κ3) is 2.17. The van der Waals surface area contributed by atoms with E-state index in [0.29, 0.717) is 24.8 Å². The molecule has 0 saturated heterocycles. The molecule has 0 amide bonds. The highest BCUT2D eigenvalue weighted by Gasteiger charge is 2.74. The molecule has 0 aliphatic heterocycles. The molecule has 0 radical (unpaired) electrons. The lowest BCUT2D eigenvalue weighted by atomic mass is 9.39. The largest absolute Gasteiger partial charge is 0.469 e. The lowest BCUT2D eigenvalue weighted by Crippen LogP contribution is -2.79. The van der Waals surface area contributed by atoms with Gasteiger partial charge in [-0.2, -0.15) is 0 Å². The summed E-state index contributed by atoms with van der Waals surface area (Å²) in [6, 6.07) is 1.82. The zero-order valence-electron chi connectivity index (χ0n) is 16.9. The molecule has 1 aromatic rings. The van der Waals surface area contributed by atoms with Gasteiger partial charge in [-0.05, 0) is 35.8 Å². The van der Waals surface area contributed by atoms with Gasteiger partial charge in [0, 0.05) is 30.2 Å². The van der Waals surface area contributed by atoms with Crippen molar-refractivity contribution in [3.05, 3.63) is 30.2 Å². The fourth-order valence-corrected chi connectivity index (χ4v) is 6.59. The molecule has 154 valence electrons. The molecule has 28 heavy (non-hydrogen) atoms. The highest BCUT2D eigenvalue weighted by Crippen LogP contribution is 2.67. The Kier molecular flexibility index (Phi) is 4.17. The first-order valence-corrected chi connectivity index (χ1v) is 9.98. The number of hydrogen-bond donors (Lipinski definition) is 3. The van der Waals surface area contributed by atoms with Crippen LogP contribution in [-0.4, -0.2) is 45.2 Å². The minimum atomic E-state index is -1.65. The van der Waals surface area contributed by atoms with E-state index in [1.165, 1.54) is 6.92 Å². The van der Waals surface area contributed by atoms with Crippen LogP contribution in [0.3, 0.4) is 0 Å². The molecule has 1 heterocycles. The number of hydrogen-bond acceptors (Lipinski definition) is 6. The molecule has 6 nitrogen and oxygen atoms in total. The van der Waals surface area contributed by atoms with Gasteiger partial charge in [-0.25, -0.2) is 0 Å². The van der Waals surface area contributed by atoms with Crippen LogP contribution in [0, 0.1) is 22.7 Å². The molecule has 4 rings (SSSR count). The molecule has 1 aromatic heterocycles. The summed E-state index contributed by atoms with van der Waals surface area (Å²) in [4.78, 5) is 11.9. The molecular weight excluding hydrogens is 360 g/mol. The Bertz CT molecular complexity index is 825. The maximum atomic E-state index is 12.1. The van der Waals surface area contributed by atoms with E-state index in [4.69, 9.17) is 9.15 Å². The minimum absolute atomic E-state index is 0.300. The van der Waals surface area contributed by atoms with Crippen LogP contribution in [0.25, 0.3) is 5.57 Å². The summed E-state index contributed by atoms with van der Waals surface area (Å²) in [6.07, 6.45) is 0.0646. The number of furan rings is 1. The van der Waals surface area contributed by atoms with Crippen molar-refractivity contribution in [1.82, 2.24) is 0 Å². The summed E-state index contributed by atoms with van der Waals surface area (Å²) in [6.45, 7) is 11.2. The topological polar surface area (TPSA) is 100 Å². The predicted molar refractivity (Wildman–Crippen MR) is 102 cm³/mol. The molecule has 3 aliphatic carbocycles. The molecule has 3 aliphatic rings. The van der Waals surface area contributed by atoms with E-state index in [-0.39, 0.29) is 5.92 Å². The van der Waals surface area contributed by atoms with Gasteiger partial charge >= 0.3 is 5.97 Å². The number of esters is 1. The molecule has 6 heteroatoms. The average molecular weight is 390 g/mol. The summed E-state index contributed by atoms with van der Waals surface area (Å²) < 4.78 is 11.4. The van der Waals surface area contributed by atoms with Crippen LogP contribution in [0.1, 0.15) is 51.9 Å². The summed E-state index contributed by atoms with van der Waals surface area (Å²) in [5, 5.41) is 34.4. The van der Waals surface area contributed by atoms with Crippen molar-refractivity contribution < 1.29 is 29.3 Å². The fourth-order valence-electron chi connectivity index (χ4n) is 6.59. The van der Waals surface area contributed by atoms with E-state index >= 15 is 0 Å². The van der Waals surface area contributed by atoms with E-state index < -0.39 is 46.6 Å². The molecule has 3 N–H and O–H groups in total. The van der Waals surface area contributed by atoms with Crippen molar-refractivity contribution in [3.8, 4) is 0 Å². The fraction of sp³-hybridized carbons (Fsp3) is 0.682. The number of fused-ring (bicyclic) bond motifs is 4. The molecule has 0 spiro atoms. The van der Waals surface area contributed by atoms with Crippen LogP contribution in [-0.2, 0) is 16.0 Å². The van der Waals surface area contributed by atoms with Crippen molar-refractivity contribution in [2.75, 3.05) is 0 Å². The van der Waals surface area contributed by atoms with Crippen molar-refractivity contribution >= 4 is 11.5 Å². The number of carbonyl (C=O) groups excluding carboxylic acids is 1. The molecule has 7 unspecified atom stereocenters. The number of rotatable bonds is 1. The standard InChI is InChI=1S/C22H30O6/c1-11-13-7-9-27-15(13)10-14-17(11)18(24)19(25)22(26)20(3,4)8-6-16(21(14,22)5)28-12(2)23/h7,9,14,16-19,24-26H,1,6,8,10H2,2-5H3. The Morgan fingerprint density at radius 3 is 2.64 bits per heavy atom. The monoisotopic (exact) mass is 390 g/mol. The number of ether oxygens (including phenoxy) is 1. The third-order valence-electron chi connectivity index (χ3n) is 8.08. The number of carbonyl (C=O) groups is 1. The smallest absolute Gasteiger partial charge is 0.302 e. The van der Waals surface area contributed by atoms with Crippen LogP contribution >= 0.6 is 0 Å². The maximum absolute atomic E-state index is 12.1. The predicted octanol–water partition coefficient (Wildman–Crippen LogP) is 2.31. The lowest BCUT2D eigenvalue weighted by molar-refractivity contribution is -0.329. The third-order valence-corrected chi connectivity index (χ3v) is 8.08. The quantitative estimate of drug-likeness (QED) is 0.636. The second-order valence-electron chi connectivity index (χ2n) is 9.62. The first-order valence-electron chi connectivity index (χ1n) is 9.98. The number of aliphatic hydroxyl groups excluding tert-OH is 2. The van der Waals surface area contributed by atoms with Gasteiger partial charge in [-0.1, -0.05) is 27.4 Å². The van der Waals surface area contributed by atoms with Gasteiger partial charge in [-0.15, -0.1) is 0 Å². The van der Waals surface area contributed by atoms with Gasteiger partial charge in [0.15, 0.2) is 0 Å². The maximum Gasteiger partial charge on any atom is 0.302 e. The van der Waals surface area contributed by atoms with Crippen molar-refractivity contribution in [2.45, 2.75) is 70.9 Å². The molecule has 2 fully saturated rings. The minimum Gasteiger partial charge on any atom is -0.469 e. The molecule has 7 atom stereocenters. The highest BCUT2D eigenvalue weighted by molar-refractivity contribution is 5.70. The molecule has 0 aromatic carbocycles. The van der Waals surface area contributed by atoms with Gasteiger partial charge in [0.1, 0.15) is 23.6 Å². The molecular formula is C22H30O6. The van der Waals surface area contributed by atoms with Crippen molar-refractivity contribution in [1.29, 1.82) is 0 Å². The Labute approximate surface area is 165 Å². The Hall–Kier alpha value is -1.63. The van der Waals surface area contributed by atoms with E-state index in [1.807, 2.05) is 26.8 Å². The van der Waals surface area contributed by atoms with E-state index in [2.05, 4.69) is 6.58 Å². The van der Waals surface area contributed by atoms with Gasteiger partial charge in [-0.3, -0.25) is 4.79 Å². The summed E-state index contributed by atoms with van der Waals surface area (Å²) >= 11 is 0. The van der Waals surface area contributed by atoms with E-state index in [1.54, 1.807) is 6.26 Å². The SMILES string of the molecule is C=C1c2ccoc2CC2C1C(O)C(O)C1(O)C(C)(C)CCC(OC(C)=O)C21C. The molecule has 2 saturated carbocycles. The average Bonchev–Trinajstić information content (AvgIpc) is 3.09.